The summed E-state index contributed by atoms with van der Waals surface area (Å²) in [5.74, 6) is 1.89. The third kappa shape index (κ3) is 3.38. The summed E-state index contributed by atoms with van der Waals surface area (Å²) < 4.78 is 0. The Balaban J connectivity index is 3.24. The van der Waals surface area contributed by atoms with Gasteiger partial charge >= 0.3 is 0 Å². The Kier molecular flexibility index (Phi) is 4.99. The van der Waals surface area contributed by atoms with E-state index in [0.29, 0.717) is 23.7 Å². The van der Waals surface area contributed by atoms with Gasteiger partial charge in [0.2, 0.25) is 5.91 Å². The van der Waals surface area contributed by atoms with E-state index in [1.165, 1.54) is 0 Å². The van der Waals surface area contributed by atoms with E-state index in [-0.39, 0.29) is 22.7 Å². The zero-order valence-corrected chi connectivity index (χ0v) is 14.8. The Bertz CT molecular complexity index is 330. The van der Waals surface area contributed by atoms with Crippen LogP contribution in [0, 0.1) is 40.4 Å². The van der Waals surface area contributed by atoms with Crippen molar-refractivity contribution in [3.63, 3.8) is 0 Å². The molecule has 2 heteroatoms. The molecule has 2 nitrogen and oxygen atoms in total. The number of nitrogens with two attached hydrogens (primary N) is 1. The molecule has 1 aliphatic rings. The second-order valence-corrected chi connectivity index (χ2v) is 8.85. The maximum Gasteiger partial charge on any atom is 0.221 e. The van der Waals surface area contributed by atoms with E-state index in [4.69, 9.17) is 5.73 Å². The van der Waals surface area contributed by atoms with Crippen LogP contribution in [0.15, 0.2) is 0 Å². The molecule has 0 saturated heterocycles. The van der Waals surface area contributed by atoms with Crippen molar-refractivity contribution in [2.24, 2.45) is 46.2 Å². The quantitative estimate of drug-likeness (QED) is 0.756. The van der Waals surface area contributed by atoms with Gasteiger partial charge in [0.25, 0.3) is 0 Å². The monoisotopic (exact) mass is 281 g/mol. The molecule has 0 spiro atoms. The maximum atomic E-state index is 12.0. The number of amides is 1. The van der Waals surface area contributed by atoms with Gasteiger partial charge in [-0.15, -0.1) is 0 Å². The van der Waals surface area contributed by atoms with Crippen LogP contribution < -0.4 is 5.73 Å². The van der Waals surface area contributed by atoms with Crippen molar-refractivity contribution < 1.29 is 4.79 Å². The summed E-state index contributed by atoms with van der Waals surface area (Å²) in [6.45, 7) is 18.6. The number of primary amides is 1. The molecule has 118 valence electrons. The van der Waals surface area contributed by atoms with Crippen molar-refractivity contribution in [1.82, 2.24) is 0 Å². The molecule has 0 aromatic heterocycles. The van der Waals surface area contributed by atoms with E-state index in [2.05, 4.69) is 55.4 Å². The topological polar surface area (TPSA) is 43.1 Å². The summed E-state index contributed by atoms with van der Waals surface area (Å²) in [4.78, 5) is 12.0. The second-order valence-electron chi connectivity index (χ2n) is 8.85. The molecule has 4 atom stereocenters. The molecule has 1 fully saturated rings. The van der Waals surface area contributed by atoms with Gasteiger partial charge in [-0.25, -0.2) is 0 Å². The van der Waals surface area contributed by atoms with Crippen molar-refractivity contribution in [3.8, 4) is 0 Å². The van der Waals surface area contributed by atoms with Crippen molar-refractivity contribution in [2.75, 3.05) is 0 Å². The molecule has 1 rings (SSSR count). The highest BCUT2D eigenvalue weighted by Crippen LogP contribution is 2.50. The van der Waals surface area contributed by atoms with Crippen LogP contribution in [-0.2, 0) is 4.79 Å². The predicted octanol–water partition coefficient (Wildman–Crippen LogP) is 4.48. The number of rotatable bonds is 1. The van der Waals surface area contributed by atoms with Crippen LogP contribution in [0.3, 0.4) is 0 Å². The lowest BCUT2D eigenvalue weighted by Gasteiger charge is -2.43. The molecular formula is C18H35NO. The van der Waals surface area contributed by atoms with Crippen LogP contribution >= 0.6 is 0 Å². The minimum absolute atomic E-state index is 0.00560. The van der Waals surface area contributed by atoms with Crippen molar-refractivity contribution in [1.29, 1.82) is 0 Å². The molecule has 20 heavy (non-hydrogen) atoms. The van der Waals surface area contributed by atoms with Crippen LogP contribution in [0.2, 0.25) is 0 Å². The highest BCUT2D eigenvalue weighted by Gasteiger charge is 2.44. The van der Waals surface area contributed by atoms with Gasteiger partial charge in [-0.3, -0.25) is 4.79 Å². The summed E-state index contributed by atoms with van der Waals surface area (Å²) in [7, 11) is 0. The van der Waals surface area contributed by atoms with Gasteiger partial charge in [0, 0.05) is 5.92 Å². The summed E-state index contributed by atoms with van der Waals surface area (Å²) in [6.07, 6.45) is 2.15. The largest absolute Gasteiger partial charge is 0.369 e. The van der Waals surface area contributed by atoms with Crippen molar-refractivity contribution >= 4 is 5.91 Å². The highest BCUT2D eigenvalue weighted by atomic mass is 16.1. The maximum absolute atomic E-state index is 12.0. The van der Waals surface area contributed by atoms with Gasteiger partial charge in [0.1, 0.15) is 0 Å². The van der Waals surface area contributed by atoms with E-state index in [1.807, 2.05) is 0 Å². The lowest BCUT2D eigenvalue weighted by molar-refractivity contribution is -0.125. The van der Waals surface area contributed by atoms with E-state index >= 15 is 0 Å². The molecule has 0 aromatic carbocycles. The van der Waals surface area contributed by atoms with Crippen molar-refractivity contribution in [2.45, 2.75) is 68.2 Å². The molecule has 2 N–H and O–H groups in total. The van der Waals surface area contributed by atoms with Crippen LogP contribution in [0.5, 0.6) is 0 Å². The molecule has 0 radical (unpaired) electrons. The lowest BCUT2D eigenvalue weighted by atomic mass is 9.62. The average Bonchev–Trinajstić information content (AvgIpc) is 2.24. The van der Waals surface area contributed by atoms with Crippen LogP contribution in [0.1, 0.15) is 68.2 Å². The molecule has 1 saturated carbocycles. The van der Waals surface area contributed by atoms with Gasteiger partial charge in [-0.2, -0.15) is 0 Å². The van der Waals surface area contributed by atoms with Gasteiger partial charge < -0.3 is 5.73 Å². The molecule has 0 heterocycles. The van der Waals surface area contributed by atoms with Crippen molar-refractivity contribution in [3.05, 3.63) is 0 Å². The van der Waals surface area contributed by atoms with E-state index in [9.17, 15) is 4.79 Å². The van der Waals surface area contributed by atoms with Gasteiger partial charge in [0.05, 0.1) is 0 Å². The van der Waals surface area contributed by atoms with Crippen LogP contribution in [0.4, 0.5) is 0 Å². The Morgan fingerprint density at radius 3 is 1.40 bits per heavy atom. The Hall–Kier alpha value is -0.530. The predicted molar refractivity (Wildman–Crippen MR) is 86.1 cm³/mol. The molecular weight excluding hydrogens is 246 g/mol. The van der Waals surface area contributed by atoms with E-state index in [0.717, 1.165) is 12.8 Å². The summed E-state index contributed by atoms with van der Waals surface area (Å²) in [5.41, 5.74) is 6.21. The molecule has 0 bridgehead atoms. The fraction of sp³-hybridized carbons (Fsp3) is 0.944. The zero-order valence-electron chi connectivity index (χ0n) is 14.8. The number of carbonyl (C=O) groups is 1. The third-order valence-corrected chi connectivity index (χ3v) is 6.47. The number of hydrogen-bond acceptors (Lipinski definition) is 1. The van der Waals surface area contributed by atoms with E-state index < -0.39 is 0 Å². The summed E-state index contributed by atoms with van der Waals surface area (Å²) in [6, 6.07) is 0. The SMILES string of the molecule is CC1CC(C)(C)C(C)C(C)C(C)(C)CC(C)C1C(N)=O. The fourth-order valence-corrected chi connectivity index (χ4v) is 4.76. The lowest BCUT2D eigenvalue weighted by Crippen LogP contribution is -2.36. The van der Waals surface area contributed by atoms with Gasteiger partial charge in [-0.1, -0.05) is 55.4 Å². The van der Waals surface area contributed by atoms with Gasteiger partial charge in [-0.05, 0) is 47.3 Å². The molecule has 1 aliphatic carbocycles. The first kappa shape index (κ1) is 17.5. The van der Waals surface area contributed by atoms with Gasteiger partial charge in [0.15, 0.2) is 0 Å². The third-order valence-electron chi connectivity index (χ3n) is 6.47. The van der Waals surface area contributed by atoms with Crippen LogP contribution in [-0.4, -0.2) is 5.91 Å². The minimum atomic E-state index is -0.112. The summed E-state index contributed by atoms with van der Waals surface area (Å²) in [5, 5.41) is 0. The highest BCUT2D eigenvalue weighted by molar-refractivity contribution is 5.77. The Morgan fingerprint density at radius 1 is 0.850 bits per heavy atom. The summed E-state index contributed by atoms with van der Waals surface area (Å²) >= 11 is 0. The molecule has 4 unspecified atom stereocenters. The fourth-order valence-electron chi connectivity index (χ4n) is 4.76. The van der Waals surface area contributed by atoms with Crippen LogP contribution in [0.25, 0.3) is 0 Å². The number of carbonyl (C=O) groups excluding carboxylic acids is 1. The molecule has 1 amide bonds. The normalized spacial score (nSPS) is 41.3. The first-order valence-electron chi connectivity index (χ1n) is 8.19. The first-order valence-corrected chi connectivity index (χ1v) is 8.19. The number of hydrogen-bond donors (Lipinski definition) is 1. The molecule has 0 aromatic rings. The average molecular weight is 281 g/mol. The zero-order chi connectivity index (χ0) is 15.9. The Labute approximate surface area is 125 Å². The first-order chi connectivity index (χ1) is 8.90. The molecule has 0 aliphatic heterocycles. The standard InChI is InChI=1S/C18H35NO/c1-11-9-17(5,6)13(3)14(4)18(7,8)10-12(2)15(11)16(19)20/h11-15H,9-10H2,1-8H3,(H2,19,20). The Morgan fingerprint density at radius 2 is 1.15 bits per heavy atom. The second kappa shape index (κ2) is 5.69. The van der Waals surface area contributed by atoms with E-state index in [1.54, 1.807) is 0 Å². The smallest absolute Gasteiger partial charge is 0.221 e. The minimum Gasteiger partial charge on any atom is -0.369 e.